The number of unbranched alkanes of at least 4 members (excludes halogenated alkanes) is 1. The van der Waals surface area contributed by atoms with Crippen LogP contribution in [0.1, 0.15) is 64.7 Å². The summed E-state index contributed by atoms with van der Waals surface area (Å²) in [6, 6.07) is 0. The highest BCUT2D eigenvalue weighted by atomic mass is 35.5. The van der Waals surface area contributed by atoms with Crippen molar-refractivity contribution in [1.82, 2.24) is 0 Å². The third-order valence-corrected chi connectivity index (χ3v) is 6.22. The fraction of sp³-hybridized carbons (Fsp3) is 0.941. The Morgan fingerprint density at radius 2 is 2.10 bits per heavy atom. The standard InChI is InChI=1S/C17H28Cl2O2/c1-3-13(21-2)9-5-4-7-12-8-6-10-14-15(12)11-17(18,19)16(14)20/h12-15H,3-11H2,1-2H3. The Morgan fingerprint density at radius 1 is 1.33 bits per heavy atom. The van der Waals surface area contributed by atoms with Gasteiger partial charge in [-0.25, -0.2) is 0 Å². The minimum Gasteiger partial charge on any atom is -0.381 e. The summed E-state index contributed by atoms with van der Waals surface area (Å²) in [4.78, 5) is 12.2. The Balaban J connectivity index is 1.80. The Kier molecular flexibility index (Phi) is 6.40. The van der Waals surface area contributed by atoms with Crippen LogP contribution in [0.4, 0.5) is 0 Å². The molecule has 0 amide bonds. The number of carbonyl (C=O) groups excluding carboxylic acids is 1. The number of methoxy groups -OCH3 is 1. The third kappa shape index (κ3) is 4.14. The van der Waals surface area contributed by atoms with Gasteiger partial charge in [-0.2, -0.15) is 0 Å². The summed E-state index contributed by atoms with van der Waals surface area (Å²) in [6.07, 6.45) is 10.3. The molecule has 2 fully saturated rings. The van der Waals surface area contributed by atoms with Crippen LogP contribution in [0.5, 0.6) is 0 Å². The number of ketones is 1. The molecule has 2 saturated carbocycles. The van der Waals surface area contributed by atoms with Gasteiger partial charge in [0.25, 0.3) is 0 Å². The van der Waals surface area contributed by atoms with Crippen LogP contribution in [0.25, 0.3) is 0 Å². The van der Waals surface area contributed by atoms with Gasteiger partial charge in [-0.15, -0.1) is 0 Å². The van der Waals surface area contributed by atoms with E-state index in [1.165, 1.54) is 25.7 Å². The summed E-state index contributed by atoms with van der Waals surface area (Å²) in [5.41, 5.74) is 0. The second-order valence-electron chi connectivity index (χ2n) is 6.78. The molecule has 4 atom stereocenters. The number of ether oxygens (including phenoxy) is 1. The summed E-state index contributed by atoms with van der Waals surface area (Å²) >= 11 is 12.4. The molecular weight excluding hydrogens is 307 g/mol. The van der Waals surface area contributed by atoms with Gasteiger partial charge in [0.1, 0.15) is 0 Å². The van der Waals surface area contributed by atoms with Gasteiger partial charge in [-0.3, -0.25) is 4.79 Å². The van der Waals surface area contributed by atoms with E-state index in [0.717, 1.165) is 25.7 Å². The first-order valence-electron chi connectivity index (χ1n) is 8.44. The molecule has 0 bridgehead atoms. The quantitative estimate of drug-likeness (QED) is 0.475. The topological polar surface area (TPSA) is 26.3 Å². The molecule has 2 aliphatic rings. The molecule has 0 spiro atoms. The fourth-order valence-electron chi connectivity index (χ4n) is 4.28. The van der Waals surface area contributed by atoms with Gasteiger partial charge >= 0.3 is 0 Å². The van der Waals surface area contributed by atoms with E-state index in [4.69, 9.17) is 27.9 Å². The lowest BCUT2D eigenvalue weighted by atomic mass is 9.72. The zero-order valence-corrected chi connectivity index (χ0v) is 14.8. The molecule has 2 rings (SSSR count). The van der Waals surface area contributed by atoms with Gasteiger partial charge in [-0.05, 0) is 37.5 Å². The fourth-order valence-corrected chi connectivity index (χ4v) is 4.92. The van der Waals surface area contributed by atoms with Crippen molar-refractivity contribution in [3.05, 3.63) is 0 Å². The van der Waals surface area contributed by atoms with Crippen molar-refractivity contribution in [3.63, 3.8) is 0 Å². The second-order valence-corrected chi connectivity index (χ2v) is 8.27. The molecular formula is C17H28Cl2O2. The summed E-state index contributed by atoms with van der Waals surface area (Å²) in [5, 5.41) is 0. The maximum absolute atomic E-state index is 12.2. The smallest absolute Gasteiger partial charge is 0.176 e. The Hall–Kier alpha value is 0.210. The first-order chi connectivity index (χ1) is 9.99. The maximum atomic E-state index is 12.2. The summed E-state index contributed by atoms with van der Waals surface area (Å²) < 4.78 is 4.31. The minimum atomic E-state index is -1.11. The number of hydrogen-bond donors (Lipinski definition) is 0. The van der Waals surface area contributed by atoms with Crippen molar-refractivity contribution in [1.29, 1.82) is 0 Å². The predicted octanol–water partition coefficient (Wildman–Crippen LogP) is 5.15. The van der Waals surface area contributed by atoms with E-state index < -0.39 is 4.33 Å². The Labute approximate surface area is 138 Å². The molecule has 0 aromatic heterocycles. The van der Waals surface area contributed by atoms with Gasteiger partial charge in [-0.1, -0.05) is 62.2 Å². The largest absolute Gasteiger partial charge is 0.381 e. The predicted molar refractivity (Wildman–Crippen MR) is 87.9 cm³/mol. The van der Waals surface area contributed by atoms with E-state index >= 15 is 0 Å². The van der Waals surface area contributed by atoms with Crippen LogP contribution in [-0.4, -0.2) is 23.3 Å². The second kappa shape index (κ2) is 7.66. The molecule has 2 aliphatic carbocycles. The summed E-state index contributed by atoms with van der Waals surface area (Å²) in [5.74, 6) is 1.27. The van der Waals surface area contributed by atoms with Crippen molar-refractivity contribution in [2.45, 2.75) is 75.1 Å². The molecule has 4 heteroatoms. The molecule has 0 aliphatic heterocycles. The van der Waals surface area contributed by atoms with Crippen LogP contribution in [0.2, 0.25) is 0 Å². The molecule has 2 nitrogen and oxygen atoms in total. The molecule has 4 unspecified atom stereocenters. The van der Waals surface area contributed by atoms with Crippen molar-refractivity contribution in [2.24, 2.45) is 17.8 Å². The number of halogens is 2. The van der Waals surface area contributed by atoms with Crippen molar-refractivity contribution >= 4 is 29.0 Å². The van der Waals surface area contributed by atoms with E-state index in [1.807, 2.05) is 0 Å². The van der Waals surface area contributed by atoms with E-state index in [1.54, 1.807) is 7.11 Å². The number of rotatable bonds is 7. The lowest BCUT2D eigenvalue weighted by Crippen LogP contribution is -2.28. The highest BCUT2D eigenvalue weighted by molar-refractivity contribution is 6.59. The highest BCUT2D eigenvalue weighted by Crippen LogP contribution is 2.52. The van der Waals surface area contributed by atoms with E-state index in [0.29, 0.717) is 24.4 Å². The first-order valence-corrected chi connectivity index (χ1v) is 9.20. The van der Waals surface area contributed by atoms with Gasteiger partial charge in [0, 0.05) is 13.0 Å². The zero-order valence-electron chi connectivity index (χ0n) is 13.2. The Bertz CT molecular complexity index is 353. The first kappa shape index (κ1) is 17.6. The number of Topliss-reactive ketones (excluding diaryl/α,β-unsaturated/α-hetero) is 1. The molecule has 122 valence electrons. The number of hydrogen-bond acceptors (Lipinski definition) is 2. The van der Waals surface area contributed by atoms with Gasteiger partial charge < -0.3 is 4.74 Å². The van der Waals surface area contributed by atoms with Crippen LogP contribution < -0.4 is 0 Å². The van der Waals surface area contributed by atoms with Crippen LogP contribution >= 0.6 is 23.2 Å². The van der Waals surface area contributed by atoms with E-state index in [-0.39, 0.29) is 11.7 Å². The monoisotopic (exact) mass is 334 g/mol. The molecule has 0 aromatic rings. The van der Waals surface area contributed by atoms with Gasteiger partial charge in [0.2, 0.25) is 0 Å². The normalized spacial score (nSPS) is 33.0. The molecule has 0 radical (unpaired) electrons. The molecule has 0 N–H and O–H groups in total. The molecule has 21 heavy (non-hydrogen) atoms. The van der Waals surface area contributed by atoms with Gasteiger partial charge in [0.05, 0.1) is 6.10 Å². The number of fused-ring (bicyclic) bond motifs is 1. The average molecular weight is 335 g/mol. The zero-order chi connectivity index (χ0) is 15.5. The number of alkyl halides is 2. The highest BCUT2D eigenvalue weighted by Gasteiger charge is 2.53. The van der Waals surface area contributed by atoms with Crippen LogP contribution in [0.3, 0.4) is 0 Å². The Morgan fingerprint density at radius 3 is 2.76 bits per heavy atom. The van der Waals surface area contributed by atoms with Crippen molar-refractivity contribution < 1.29 is 9.53 Å². The van der Waals surface area contributed by atoms with E-state index in [2.05, 4.69) is 6.92 Å². The SMILES string of the molecule is CCC(CCCCC1CCCC2C(=O)C(Cl)(Cl)CC12)OC. The van der Waals surface area contributed by atoms with Crippen molar-refractivity contribution in [2.75, 3.05) is 7.11 Å². The van der Waals surface area contributed by atoms with Crippen LogP contribution in [-0.2, 0) is 9.53 Å². The maximum Gasteiger partial charge on any atom is 0.176 e. The average Bonchev–Trinajstić information content (AvgIpc) is 2.70. The summed E-state index contributed by atoms with van der Waals surface area (Å²) in [7, 11) is 1.80. The summed E-state index contributed by atoms with van der Waals surface area (Å²) in [6.45, 7) is 2.17. The lowest BCUT2D eigenvalue weighted by Gasteiger charge is -2.32. The molecule has 0 heterocycles. The van der Waals surface area contributed by atoms with Gasteiger partial charge in [0.15, 0.2) is 10.1 Å². The molecule has 0 aromatic carbocycles. The number of carbonyl (C=O) groups is 1. The molecule has 0 saturated heterocycles. The lowest BCUT2D eigenvalue weighted by molar-refractivity contribution is -0.122. The van der Waals surface area contributed by atoms with Crippen LogP contribution in [0.15, 0.2) is 0 Å². The van der Waals surface area contributed by atoms with E-state index in [9.17, 15) is 4.79 Å². The van der Waals surface area contributed by atoms with Crippen LogP contribution in [0, 0.1) is 17.8 Å². The van der Waals surface area contributed by atoms with Crippen molar-refractivity contribution in [3.8, 4) is 0 Å². The minimum absolute atomic E-state index is 0.0889. The third-order valence-electron chi connectivity index (χ3n) is 5.54.